The fraction of sp³-hybridized carbons (Fsp3) is 0.176. The van der Waals surface area contributed by atoms with Crippen LogP contribution in [0.15, 0.2) is 48.5 Å². The summed E-state index contributed by atoms with van der Waals surface area (Å²) in [6.45, 7) is 3.51. The van der Waals surface area contributed by atoms with Crippen molar-refractivity contribution in [2.45, 2.75) is 20.0 Å². The Labute approximate surface area is 134 Å². The molecule has 1 N–H and O–H groups in total. The number of carbonyl (C=O) groups excluding carboxylic acids is 2. The quantitative estimate of drug-likeness (QED) is 0.861. The molecule has 0 unspecified atom stereocenters. The first-order chi connectivity index (χ1) is 10.5. The van der Waals surface area contributed by atoms with E-state index in [4.69, 9.17) is 16.3 Å². The Bertz CT molecular complexity index is 684. The van der Waals surface area contributed by atoms with Gasteiger partial charge in [-0.15, -0.1) is 0 Å². The molecule has 2 rings (SSSR count). The Morgan fingerprint density at radius 1 is 1.09 bits per heavy atom. The molecule has 0 heterocycles. The summed E-state index contributed by atoms with van der Waals surface area (Å²) in [7, 11) is 0. The van der Waals surface area contributed by atoms with Crippen LogP contribution in [-0.4, -0.2) is 18.0 Å². The van der Waals surface area contributed by atoms with E-state index in [1.54, 1.807) is 50.2 Å². The Kier molecular flexibility index (Phi) is 5.17. The number of esters is 1. The second-order valence-electron chi connectivity index (χ2n) is 4.97. The Morgan fingerprint density at radius 3 is 2.41 bits per heavy atom. The number of hydrogen-bond donors (Lipinski definition) is 1. The Hall–Kier alpha value is -2.33. The summed E-state index contributed by atoms with van der Waals surface area (Å²) in [5.41, 5.74) is 1.24. The number of hydrogen-bond acceptors (Lipinski definition) is 3. The van der Waals surface area contributed by atoms with Crippen LogP contribution in [0.25, 0.3) is 0 Å². The molecule has 2 aromatic carbocycles. The number of carbonyl (C=O) groups is 2. The lowest BCUT2D eigenvalue weighted by Crippen LogP contribution is -2.14. The van der Waals surface area contributed by atoms with Crippen LogP contribution in [0.1, 0.15) is 34.6 Å². The molecule has 114 valence electrons. The molecule has 0 aliphatic rings. The van der Waals surface area contributed by atoms with Crippen molar-refractivity contribution in [3.63, 3.8) is 0 Å². The molecular weight excluding hydrogens is 302 g/mol. The van der Waals surface area contributed by atoms with E-state index in [9.17, 15) is 9.59 Å². The van der Waals surface area contributed by atoms with Gasteiger partial charge < -0.3 is 10.1 Å². The van der Waals surface area contributed by atoms with Gasteiger partial charge in [0.25, 0.3) is 5.91 Å². The van der Waals surface area contributed by atoms with Gasteiger partial charge in [-0.05, 0) is 44.2 Å². The summed E-state index contributed by atoms with van der Waals surface area (Å²) in [6, 6.07) is 13.5. The van der Waals surface area contributed by atoms with Gasteiger partial charge in [-0.1, -0.05) is 29.8 Å². The van der Waals surface area contributed by atoms with Gasteiger partial charge in [0.1, 0.15) is 0 Å². The maximum absolute atomic E-state index is 12.1. The molecule has 0 radical (unpaired) electrons. The number of rotatable bonds is 4. The van der Waals surface area contributed by atoms with Crippen LogP contribution in [0.2, 0.25) is 5.02 Å². The second kappa shape index (κ2) is 7.09. The third kappa shape index (κ3) is 4.09. The normalized spacial score (nSPS) is 10.4. The molecule has 0 fully saturated rings. The van der Waals surface area contributed by atoms with Gasteiger partial charge in [-0.2, -0.15) is 0 Å². The monoisotopic (exact) mass is 317 g/mol. The Morgan fingerprint density at radius 2 is 1.77 bits per heavy atom. The summed E-state index contributed by atoms with van der Waals surface area (Å²) in [5.74, 6) is -0.776. The predicted molar refractivity (Wildman–Crippen MR) is 86.4 cm³/mol. The van der Waals surface area contributed by atoms with Gasteiger partial charge >= 0.3 is 5.97 Å². The fourth-order valence-corrected chi connectivity index (χ4v) is 2.02. The van der Waals surface area contributed by atoms with Crippen LogP contribution in [-0.2, 0) is 4.74 Å². The molecule has 4 nitrogen and oxygen atoms in total. The van der Waals surface area contributed by atoms with Crippen molar-refractivity contribution >= 4 is 29.2 Å². The van der Waals surface area contributed by atoms with Gasteiger partial charge in [-0.25, -0.2) is 4.79 Å². The van der Waals surface area contributed by atoms with Crippen LogP contribution in [0.5, 0.6) is 0 Å². The van der Waals surface area contributed by atoms with Crippen LogP contribution < -0.4 is 5.32 Å². The van der Waals surface area contributed by atoms with E-state index in [1.807, 2.05) is 6.07 Å². The summed E-state index contributed by atoms with van der Waals surface area (Å²) < 4.78 is 5.13. The van der Waals surface area contributed by atoms with Crippen molar-refractivity contribution in [2.24, 2.45) is 0 Å². The molecule has 1 amide bonds. The first-order valence-corrected chi connectivity index (χ1v) is 7.22. The van der Waals surface area contributed by atoms with Crippen LogP contribution in [0, 0.1) is 0 Å². The fourth-order valence-electron chi connectivity index (χ4n) is 1.83. The zero-order valence-electron chi connectivity index (χ0n) is 12.3. The first kappa shape index (κ1) is 16.0. The molecule has 0 spiro atoms. The van der Waals surface area contributed by atoms with Gasteiger partial charge in [0.15, 0.2) is 0 Å². The average molecular weight is 318 g/mol. The first-order valence-electron chi connectivity index (χ1n) is 6.84. The summed E-state index contributed by atoms with van der Waals surface area (Å²) in [5, 5.41) is 3.01. The molecule has 0 atom stereocenters. The highest BCUT2D eigenvalue weighted by molar-refractivity contribution is 6.33. The highest BCUT2D eigenvalue weighted by Crippen LogP contribution is 2.22. The minimum absolute atomic E-state index is 0.223. The van der Waals surface area contributed by atoms with Crippen molar-refractivity contribution in [1.82, 2.24) is 0 Å². The molecule has 2 aromatic rings. The molecule has 0 saturated carbocycles. The van der Waals surface area contributed by atoms with E-state index in [0.717, 1.165) is 0 Å². The van der Waals surface area contributed by atoms with E-state index in [-0.39, 0.29) is 22.6 Å². The van der Waals surface area contributed by atoms with Crippen molar-refractivity contribution in [3.8, 4) is 0 Å². The van der Waals surface area contributed by atoms with Gasteiger partial charge in [0, 0.05) is 11.3 Å². The Balaban J connectivity index is 2.19. The third-order valence-corrected chi connectivity index (χ3v) is 3.15. The van der Waals surface area contributed by atoms with Crippen molar-refractivity contribution in [2.75, 3.05) is 5.32 Å². The molecule has 0 bridgehead atoms. The van der Waals surface area contributed by atoms with Crippen molar-refractivity contribution in [1.29, 1.82) is 0 Å². The van der Waals surface area contributed by atoms with Crippen LogP contribution >= 0.6 is 11.6 Å². The zero-order valence-corrected chi connectivity index (χ0v) is 13.1. The highest BCUT2D eigenvalue weighted by atomic mass is 35.5. The summed E-state index contributed by atoms with van der Waals surface area (Å²) in [6.07, 6.45) is -0.244. The predicted octanol–water partition coefficient (Wildman–Crippen LogP) is 4.16. The second-order valence-corrected chi connectivity index (χ2v) is 5.38. The highest BCUT2D eigenvalue weighted by Gasteiger charge is 2.15. The summed E-state index contributed by atoms with van der Waals surface area (Å²) >= 11 is 6.01. The maximum Gasteiger partial charge on any atom is 0.339 e. The van der Waals surface area contributed by atoms with E-state index >= 15 is 0 Å². The molecule has 22 heavy (non-hydrogen) atoms. The third-order valence-electron chi connectivity index (χ3n) is 2.82. The van der Waals surface area contributed by atoms with Crippen LogP contribution in [0.4, 0.5) is 5.69 Å². The van der Waals surface area contributed by atoms with Gasteiger partial charge in [0.2, 0.25) is 0 Å². The van der Waals surface area contributed by atoms with Crippen molar-refractivity contribution < 1.29 is 14.3 Å². The number of benzene rings is 2. The standard InChI is InChI=1S/C17H16ClNO3/c1-11(2)22-17(21)14-10-13(8-9-15(14)18)19-16(20)12-6-4-3-5-7-12/h3-11H,1-2H3,(H,19,20). The molecule has 0 saturated heterocycles. The molecule has 0 aliphatic carbocycles. The van der Waals surface area contributed by atoms with E-state index in [0.29, 0.717) is 11.3 Å². The van der Waals surface area contributed by atoms with Crippen LogP contribution in [0.3, 0.4) is 0 Å². The number of amides is 1. The molecular formula is C17H16ClNO3. The minimum Gasteiger partial charge on any atom is -0.459 e. The topological polar surface area (TPSA) is 55.4 Å². The van der Waals surface area contributed by atoms with E-state index in [2.05, 4.69) is 5.32 Å². The molecule has 0 aromatic heterocycles. The van der Waals surface area contributed by atoms with Gasteiger partial charge in [0.05, 0.1) is 16.7 Å². The van der Waals surface area contributed by atoms with Gasteiger partial charge in [-0.3, -0.25) is 4.79 Å². The van der Waals surface area contributed by atoms with E-state index in [1.165, 1.54) is 6.07 Å². The minimum atomic E-state index is -0.518. The lowest BCUT2D eigenvalue weighted by molar-refractivity contribution is 0.0378. The molecule has 0 aliphatic heterocycles. The SMILES string of the molecule is CC(C)OC(=O)c1cc(NC(=O)c2ccccc2)ccc1Cl. The maximum atomic E-state index is 12.1. The number of ether oxygens (including phenoxy) is 1. The zero-order chi connectivity index (χ0) is 16.1. The largest absolute Gasteiger partial charge is 0.459 e. The average Bonchev–Trinajstić information content (AvgIpc) is 2.49. The van der Waals surface area contributed by atoms with E-state index < -0.39 is 5.97 Å². The lowest BCUT2D eigenvalue weighted by Gasteiger charge is -2.11. The smallest absolute Gasteiger partial charge is 0.339 e. The summed E-state index contributed by atoms with van der Waals surface area (Å²) in [4.78, 5) is 24.1. The lowest BCUT2D eigenvalue weighted by atomic mass is 10.1. The van der Waals surface area contributed by atoms with Crippen molar-refractivity contribution in [3.05, 3.63) is 64.7 Å². The number of halogens is 1. The molecule has 5 heteroatoms. The number of nitrogens with one attached hydrogen (secondary N) is 1. The number of anilines is 1.